The lowest BCUT2D eigenvalue weighted by atomic mass is 10.1. The van der Waals surface area contributed by atoms with E-state index in [4.69, 9.17) is 0 Å². The van der Waals surface area contributed by atoms with Crippen LogP contribution in [0.5, 0.6) is 0 Å². The van der Waals surface area contributed by atoms with E-state index in [0.717, 1.165) is 44.8 Å². The maximum absolute atomic E-state index is 12.7. The van der Waals surface area contributed by atoms with Crippen LogP contribution in [0.2, 0.25) is 0 Å². The smallest absolute Gasteiger partial charge is 0.231 e. The van der Waals surface area contributed by atoms with Crippen molar-refractivity contribution in [1.29, 1.82) is 0 Å². The molecule has 0 aromatic heterocycles. The van der Waals surface area contributed by atoms with E-state index in [0.29, 0.717) is 0 Å². The highest BCUT2D eigenvalue weighted by Gasteiger charge is 2.30. The first-order chi connectivity index (χ1) is 9.25. The van der Waals surface area contributed by atoms with Gasteiger partial charge in [-0.15, -0.1) is 0 Å². The van der Waals surface area contributed by atoms with E-state index in [1.807, 2.05) is 11.0 Å². The van der Waals surface area contributed by atoms with Crippen LogP contribution >= 0.6 is 0 Å². The minimum atomic E-state index is 0.150. The maximum Gasteiger partial charge on any atom is 0.231 e. The molecule has 3 rings (SSSR count). The van der Waals surface area contributed by atoms with E-state index in [2.05, 4.69) is 35.5 Å². The second-order valence-corrected chi connectivity index (χ2v) is 5.55. The number of carbonyl (C=O) groups excluding carboxylic acids is 1. The molecule has 1 aromatic rings. The summed E-state index contributed by atoms with van der Waals surface area (Å²) in [5.74, 6) is 0.434. The number of hydrogen-bond donors (Lipinski definition) is 1. The van der Waals surface area contributed by atoms with Crippen molar-refractivity contribution in [3.8, 4) is 0 Å². The van der Waals surface area contributed by atoms with Crippen LogP contribution in [0.1, 0.15) is 12.0 Å². The standard InChI is InChI=1S/C15H21N3O/c1-17-8-9-18(15(19)12-6-7-16-10-12)14-5-3-2-4-13(14)11-17/h2-5,12,16H,6-11H2,1H3. The van der Waals surface area contributed by atoms with E-state index in [9.17, 15) is 4.79 Å². The van der Waals surface area contributed by atoms with Crippen molar-refractivity contribution in [2.45, 2.75) is 13.0 Å². The first-order valence-electron chi connectivity index (χ1n) is 7.04. The van der Waals surface area contributed by atoms with Crippen molar-refractivity contribution in [3.63, 3.8) is 0 Å². The third-order valence-electron chi connectivity index (χ3n) is 4.10. The molecule has 0 saturated carbocycles. The van der Waals surface area contributed by atoms with E-state index < -0.39 is 0 Å². The Balaban J connectivity index is 1.90. The first kappa shape index (κ1) is 12.6. The molecule has 1 amide bonds. The molecule has 0 bridgehead atoms. The van der Waals surface area contributed by atoms with Gasteiger partial charge in [-0.3, -0.25) is 4.79 Å². The molecule has 1 saturated heterocycles. The number of nitrogens with zero attached hydrogens (tertiary/aromatic N) is 2. The molecular weight excluding hydrogens is 238 g/mol. The Morgan fingerprint density at radius 1 is 1.32 bits per heavy atom. The van der Waals surface area contributed by atoms with E-state index in [-0.39, 0.29) is 11.8 Å². The molecule has 0 aliphatic carbocycles. The minimum absolute atomic E-state index is 0.150. The molecule has 102 valence electrons. The molecule has 1 unspecified atom stereocenters. The summed E-state index contributed by atoms with van der Waals surface area (Å²) < 4.78 is 0. The molecule has 1 atom stereocenters. The van der Waals surface area contributed by atoms with Gasteiger partial charge in [0, 0.05) is 31.9 Å². The average Bonchev–Trinajstić information content (AvgIpc) is 2.89. The fraction of sp³-hybridized carbons (Fsp3) is 0.533. The summed E-state index contributed by atoms with van der Waals surface area (Å²) in [5, 5.41) is 3.28. The second kappa shape index (κ2) is 5.31. The van der Waals surface area contributed by atoms with E-state index >= 15 is 0 Å². The van der Waals surface area contributed by atoms with Gasteiger partial charge in [0.25, 0.3) is 0 Å². The van der Waals surface area contributed by atoms with Crippen molar-refractivity contribution in [2.75, 3.05) is 38.1 Å². The monoisotopic (exact) mass is 259 g/mol. The molecule has 4 heteroatoms. The Labute approximate surface area is 114 Å². The number of anilines is 1. The number of rotatable bonds is 1. The maximum atomic E-state index is 12.7. The van der Waals surface area contributed by atoms with Gasteiger partial charge >= 0.3 is 0 Å². The van der Waals surface area contributed by atoms with Gasteiger partial charge in [-0.05, 0) is 31.6 Å². The van der Waals surface area contributed by atoms with Crippen molar-refractivity contribution >= 4 is 11.6 Å². The van der Waals surface area contributed by atoms with Crippen LogP contribution in [-0.2, 0) is 11.3 Å². The molecule has 0 spiro atoms. The molecular formula is C15H21N3O. The van der Waals surface area contributed by atoms with Gasteiger partial charge in [0.1, 0.15) is 0 Å². The summed E-state index contributed by atoms with van der Waals surface area (Å²) >= 11 is 0. The number of hydrogen-bond acceptors (Lipinski definition) is 3. The molecule has 2 heterocycles. The number of amides is 1. The van der Waals surface area contributed by atoms with Crippen molar-refractivity contribution in [3.05, 3.63) is 29.8 Å². The quantitative estimate of drug-likeness (QED) is 0.819. The van der Waals surface area contributed by atoms with Crippen LogP contribution in [0.25, 0.3) is 0 Å². The normalized spacial score (nSPS) is 24.1. The Bertz CT molecular complexity index is 468. The summed E-state index contributed by atoms with van der Waals surface area (Å²) in [6.45, 7) is 4.44. The van der Waals surface area contributed by atoms with Gasteiger partial charge in [-0.2, -0.15) is 0 Å². The molecule has 1 fully saturated rings. The van der Waals surface area contributed by atoms with Gasteiger partial charge in [0.2, 0.25) is 5.91 Å². The van der Waals surface area contributed by atoms with Crippen LogP contribution < -0.4 is 10.2 Å². The zero-order chi connectivity index (χ0) is 13.2. The average molecular weight is 259 g/mol. The van der Waals surface area contributed by atoms with Crippen LogP contribution in [0.15, 0.2) is 24.3 Å². The summed E-state index contributed by atoms with van der Waals surface area (Å²) in [6, 6.07) is 8.29. The molecule has 2 aliphatic rings. The number of para-hydroxylation sites is 1. The number of benzene rings is 1. The fourth-order valence-electron chi connectivity index (χ4n) is 2.98. The third-order valence-corrected chi connectivity index (χ3v) is 4.10. The lowest BCUT2D eigenvalue weighted by Gasteiger charge is -2.25. The Kier molecular flexibility index (Phi) is 3.53. The van der Waals surface area contributed by atoms with E-state index in [1.54, 1.807) is 0 Å². The Morgan fingerprint density at radius 2 is 2.16 bits per heavy atom. The van der Waals surface area contributed by atoms with Crippen molar-refractivity contribution in [2.24, 2.45) is 5.92 Å². The van der Waals surface area contributed by atoms with Gasteiger partial charge < -0.3 is 15.1 Å². The zero-order valence-electron chi connectivity index (χ0n) is 11.4. The summed E-state index contributed by atoms with van der Waals surface area (Å²) in [5.41, 5.74) is 2.35. The number of likely N-dealkylation sites (N-methyl/N-ethyl adjacent to an activating group) is 1. The summed E-state index contributed by atoms with van der Waals surface area (Å²) in [6.07, 6.45) is 0.966. The van der Waals surface area contributed by atoms with Crippen LogP contribution in [-0.4, -0.2) is 44.0 Å². The molecule has 4 nitrogen and oxygen atoms in total. The highest BCUT2D eigenvalue weighted by atomic mass is 16.2. The molecule has 1 aromatic carbocycles. The van der Waals surface area contributed by atoms with Crippen LogP contribution in [0, 0.1) is 5.92 Å². The SMILES string of the molecule is CN1CCN(C(=O)C2CCNC2)c2ccccc2C1. The topological polar surface area (TPSA) is 35.6 Å². The number of nitrogens with one attached hydrogen (secondary N) is 1. The predicted octanol–water partition coefficient (Wildman–Crippen LogP) is 1.07. The highest BCUT2D eigenvalue weighted by Crippen LogP contribution is 2.26. The lowest BCUT2D eigenvalue weighted by molar-refractivity contribution is -0.121. The Morgan fingerprint density at radius 3 is 2.95 bits per heavy atom. The van der Waals surface area contributed by atoms with Crippen molar-refractivity contribution in [1.82, 2.24) is 10.2 Å². The van der Waals surface area contributed by atoms with Crippen LogP contribution in [0.3, 0.4) is 0 Å². The Hall–Kier alpha value is -1.39. The zero-order valence-corrected chi connectivity index (χ0v) is 11.4. The minimum Gasteiger partial charge on any atom is -0.316 e. The molecule has 0 radical (unpaired) electrons. The molecule has 2 aliphatic heterocycles. The molecule has 1 N–H and O–H groups in total. The van der Waals surface area contributed by atoms with Gasteiger partial charge in [-0.1, -0.05) is 18.2 Å². The lowest BCUT2D eigenvalue weighted by Crippen LogP contribution is -2.39. The second-order valence-electron chi connectivity index (χ2n) is 5.55. The summed E-state index contributed by atoms with van der Waals surface area (Å²) in [4.78, 5) is 17.0. The molecule has 19 heavy (non-hydrogen) atoms. The summed E-state index contributed by atoms with van der Waals surface area (Å²) in [7, 11) is 2.11. The number of fused-ring (bicyclic) bond motifs is 1. The van der Waals surface area contributed by atoms with Gasteiger partial charge in [-0.25, -0.2) is 0 Å². The third kappa shape index (κ3) is 2.51. The first-order valence-corrected chi connectivity index (χ1v) is 7.04. The van der Waals surface area contributed by atoms with Crippen molar-refractivity contribution < 1.29 is 4.79 Å². The predicted molar refractivity (Wildman–Crippen MR) is 76.1 cm³/mol. The highest BCUT2D eigenvalue weighted by molar-refractivity contribution is 5.96. The van der Waals surface area contributed by atoms with Crippen LogP contribution in [0.4, 0.5) is 5.69 Å². The van der Waals surface area contributed by atoms with Gasteiger partial charge in [0.05, 0.1) is 5.92 Å². The number of carbonyl (C=O) groups is 1. The van der Waals surface area contributed by atoms with Gasteiger partial charge in [0.15, 0.2) is 0 Å². The largest absolute Gasteiger partial charge is 0.316 e. The van der Waals surface area contributed by atoms with E-state index in [1.165, 1.54) is 5.56 Å². The fourth-order valence-corrected chi connectivity index (χ4v) is 2.98.